The first-order valence-electron chi connectivity index (χ1n) is 6.70. The van der Waals surface area contributed by atoms with E-state index in [-0.39, 0.29) is 0 Å². The van der Waals surface area contributed by atoms with Crippen LogP contribution in [-0.2, 0) is 6.42 Å². The first kappa shape index (κ1) is 11.8. The van der Waals surface area contributed by atoms with E-state index in [4.69, 9.17) is 0 Å². The van der Waals surface area contributed by atoms with Crippen molar-refractivity contribution in [2.45, 2.75) is 13.3 Å². The second-order valence-electron chi connectivity index (χ2n) is 4.70. The van der Waals surface area contributed by atoms with E-state index in [9.17, 15) is 0 Å². The van der Waals surface area contributed by atoms with E-state index in [1.54, 1.807) is 0 Å². The fraction of sp³-hybridized carbons (Fsp3) is 0.111. The minimum Gasteiger partial charge on any atom is -0.355 e. The molecule has 1 N–H and O–H groups in total. The molecule has 0 unspecified atom stereocenters. The van der Waals surface area contributed by atoms with Crippen molar-refractivity contribution in [3.05, 3.63) is 72.3 Å². The second kappa shape index (κ2) is 5.15. The van der Waals surface area contributed by atoms with Crippen molar-refractivity contribution < 1.29 is 0 Å². The first-order valence-corrected chi connectivity index (χ1v) is 6.70. The lowest BCUT2D eigenvalue weighted by Crippen LogP contribution is -1.91. The van der Waals surface area contributed by atoms with E-state index < -0.39 is 0 Å². The molecule has 0 aliphatic rings. The van der Waals surface area contributed by atoms with Gasteiger partial charge in [0.05, 0.1) is 0 Å². The minimum absolute atomic E-state index is 1.08. The molecular formula is C18H17N. The van der Waals surface area contributed by atoms with Gasteiger partial charge in [0, 0.05) is 16.8 Å². The Morgan fingerprint density at radius 1 is 0.789 bits per heavy atom. The monoisotopic (exact) mass is 247 g/mol. The molecule has 0 radical (unpaired) electrons. The maximum atomic E-state index is 3.50. The summed E-state index contributed by atoms with van der Waals surface area (Å²) in [7, 11) is 0. The molecular weight excluding hydrogens is 230 g/mol. The molecule has 0 amide bonds. The van der Waals surface area contributed by atoms with E-state index in [0.29, 0.717) is 0 Å². The predicted octanol–water partition coefficient (Wildman–Crippen LogP) is 5.15. The zero-order valence-electron chi connectivity index (χ0n) is 11.1. The van der Waals surface area contributed by atoms with Crippen molar-refractivity contribution in [1.82, 2.24) is 0 Å². The molecule has 3 aromatic carbocycles. The van der Waals surface area contributed by atoms with Gasteiger partial charge in [0.1, 0.15) is 0 Å². The van der Waals surface area contributed by atoms with Gasteiger partial charge in [0.25, 0.3) is 0 Å². The zero-order chi connectivity index (χ0) is 13.1. The molecule has 19 heavy (non-hydrogen) atoms. The normalized spacial score (nSPS) is 10.6. The molecule has 0 saturated heterocycles. The molecule has 3 rings (SSSR count). The molecule has 0 aromatic heterocycles. The Morgan fingerprint density at radius 3 is 2.32 bits per heavy atom. The summed E-state index contributed by atoms with van der Waals surface area (Å²) in [4.78, 5) is 0. The Kier molecular flexibility index (Phi) is 3.20. The second-order valence-corrected chi connectivity index (χ2v) is 4.70. The Bertz CT molecular complexity index is 678. The minimum atomic E-state index is 1.08. The Labute approximate surface area is 113 Å². The van der Waals surface area contributed by atoms with Gasteiger partial charge in [-0.2, -0.15) is 0 Å². The third-order valence-corrected chi connectivity index (χ3v) is 3.43. The lowest BCUT2D eigenvalue weighted by atomic mass is 10.1. The highest BCUT2D eigenvalue weighted by molar-refractivity contribution is 5.95. The molecule has 0 saturated carbocycles. The van der Waals surface area contributed by atoms with Gasteiger partial charge in [-0.3, -0.25) is 0 Å². The summed E-state index contributed by atoms with van der Waals surface area (Å²) in [6, 6.07) is 23.4. The van der Waals surface area contributed by atoms with Crippen LogP contribution in [0.1, 0.15) is 12.5 Å². The Hall–Kier alpha value is -2.28. The van der Waals surface area contributed by atoms with Crippen molar-refractivity contribution in [1.29, 1.82) is 0 Å². The highest BCUT2D eigenvalue weighted by atomic mass is 14.9. The van der Waals surface area contributed by atoms with Crippen LogP contribution in [0.25, 0.3) is 10.8 Å². The average Bonchev–Trinajstić information content (AvgIpc) is 2.48. The van der Waals surface area contributed by atoms with Gasteiger partial charge in [-0.15, -0.1) is 0 Å². The third kappa shape index (κ3) is 2.45. The number of rotatable bonds is 3. The number of anilines is 2. The van der Waals surface area contributed by atoms with Crippen LogP contribution in [0.4, 0.5) is 11.4 Å². The van der Waals surface area contributed by atoms with Gasteiger partial charge < -0.3 is 5.32 Å². The molecule has 3 aromatic rings. The molecule has 0 heterocycles. The summed E-state index contributed by atoms with van der Waals surface area (Å²) in [5.41, 5.74) is 3.65. The quantitative estimate of drug-likeness (QED) is 0.675. The fourth-order valence-corrected chi connectivity index (χ4v) is 2.31. The van der Waals surface area contributed by atoms with Crippen molar-refractivity contribution >= 4 is 22.1 Å². The van der Waals surface area contributed by atoms with Gasteiger partial charge in [-0.25, -0.2) is 0 Å². The molecule has 0 atom stereocenters. The summed E-state index contributed by atoms with van der Waals surface area (Å²) in [6.07, 6.45) is 1.08. The summed E-state index contributed by atoms with van der Waals surface area (Å²) in [5, 5.41) is 6.01. The topological polar surface area (TPSA) is 12.0 Å². The summed E-state index contributed by atoms with van der Waals surface area (Å²) in [5.74, 6) is 0. The number of aryl methyl sites for hydroxylation is 1. The van der Waals surface area contributed by atoms with Crippen molar-refractivity contribution in [3.8, 4) is 0 Å². The number of hydrogen-bond acceptors (Lipinski definition) is 1. The van der Waals surface area contributed by atoms with Crippen LogP contribution in [0, 0.1) is 0 Å². The number of nitrogens with one attached hydrogen (secondary N) is 1. The lowest BCUT2D eigenvalue weighted by Gasteiger charge is -2.10. The Balaban J connectivity index is 1.96. The van der Waals surface area contributed by atoms with Gasteiger partial charge in [0.2, 0.25) is 0 Å². The van der Waals surface area contributed by atoms with Crippen LogP contribution >= 0.6 is 0 Å². The maximum absolute atomic E-state index is 3.50. The first-order chi connectivity index (χ1) is 9.36. The van der Waals surface area contributed by atoms with Crippen molar-refractivity contribution in [2.75, 3.05) is 5.32 Å². The van der Waals surface area contributed by atoms with E-state index in [2.05, 4.69) is 79.0 Å². The summed E-state index contributed by atoms with van der Waals surface area (Å²) < 4.78 is 0. The third-order valence-electron chi connectivity index (χ3n) is 3.43. The molecule has 0 bridgehead atoms. The Morgan fingerprint density at radius 2 is 1.53 bits per heavy atom. The molecule has 94 valence electrons. The van der Waals surface area contributed by atoms with Crippen molar-refractivity contribution in [2.24, 2.45) is 0 Å². The molecule has 0 aliphatic carbocycles. The number of hydrogen-bond donors (Lipinski definition) is 1. The number of benzene rings is 3. The van der Waals surface area contributed by atoms with E-state index in [0.717, 1.165) is 17.8 Å². The molecule has 0 fully saturated rings. The summed E-state index contributed by atoms with van der Waals surface area (Å²) >= 11 is 0. The van der Waals surface area contributed by atoms with Gasteiger partial charge in [-0.1, -0.05) is 55.5 Å². The van der Waals surface area contributed by atoms with Crippen molar-refractivity contribution in [3.63, 3.8) is 0 Å². The predicted molar refractivity (Wildman–Crippen MR) is 83.1 cm³/mol. The SMILES string of the molecule is CCc1ccc(Nc2cccc3ccccc23)cc1. The average molecular weight is 247 g/mol. The smallest absolute Gasteiger partial charge is 0.0463 e. The van der Waals surface area contributed by atoms with Gasteiger partial charge >= 0.3 is 0 Å². The van der Waals surface area contributed by atoms with Crippen LogP contribution in [0.3, 0.4) is 0 Å². The molecule has 1 heteroatoms. The van der Waals surface area contributed by atoms with Gasteiger partial charge in [0.15, 0.2) is 0 Å². The standard InChI is InChI=1S/C18H17N/c1-2-14-10-12-16(13-11-14)19-18-9-5-7-15-6-3-4-8-17(15)18/h3-13,19H,2H2,1H3. The number of fused-ring (bicyclic) bond motifs is 1. The van der Waals surface area contributed by atoms with Crippen LogP contribution in [0.2, 0.25) is 0 Å². The van der Waals surface area contributed by atoms with Crippen LogP contribution in [0.15, 0.2) is 66.7 Å². The highest BCUT2D eigenvalue weighted by Gasteiger charge is 2.00. The van der Waals surface area contributed by atoms with Crippen LogP contribution in [-0.4, -0.2) is 0 Å². The summed E-state index contributed by atoms with van der Waals surface area (Å²) in [6.45, 7) is 2.17. The maximum Gasteiger partial charge on any atom is 0.0463 e. The van der Waals surface area contributed by atoms with Gasteiger partial charge in [-0.05, 0) is 35.6 Å². The molecule has 0 aliphatic heterocycles. The van der Waals surface area contributed by atoms with E-state index in [1.165, 1.54) is 16.3 Å². The fourth-order valence-electron chi connectivity index (χ4n) is 2.31. The lowest BCUT2D eigenvalue weighted by molar-refractivity contribution is 1.14. The van der Waals surface area contributed by atoms with E-state index in [1.807, 2.05) is 0 Å². The zero-order valence-corrected chi connectivity index (χ0v) is 11.1. The van der Waals surface area contributed by atoms with Crippen LogP contribution in [0.5, 0.6) is 0 Å². The molecule has 1 nitrogen and oxygen atoms in total. The van der Waals surface area contributed by atoms with Crippen LogP contribution < -0.4 is 5.32 Å². The largest absolute Gasteiger partial charge is 0.355 e. The van der Waals surface area contributed by atoms with E-state index >= 15 is 0 Å². The molecule has 0 spiro atoms. The highest BCUT2D eigenvalue weighted by Crippen LogP contribution is 2.26.